The summed E-state index contributed by atoms with van der Waals surface area (Å²) in [5.41, 5.74) is 9.38. The summed E-state index contributed by atoms with van der Waals surface area (Å²) >= 11 is 0. The molecule has 1 aromatic carbocycles. The van der Waals surface area contributed by atoms with Crippen molar-refractivity contribution in [1.29, 1.82) is 0 Å². The molecule has 0 unspecified atom stereocenters. The zero-order valence-corrected chi connectivity index (χ0v) is 26.2. The molecule has 3 heterocycles. The second kappa shape index (κ2) is 16.3. The predicted octanol–water partition coefficient (Wildman–Crippen LogP) is 2.58. The van der Waals surface area contributed by atoms with Crippen LogP contribution in [0, 0.1) is 0 Å². The van der Waals surface area contributed by atoms with Crippen LogP contribution >= 0.6 is 0 Å². The van der Waals surface area contributed by atoms with E-state index < -0.39 is 0 Å². The Morgan fingerprint density at radius 3 is 2.44 bits per heavy atom. The van der Waals surface area contributed by atoms with E-state index in [0.717, 1.165) is 36.0 Å². The number of methoxy groups -OCH3 is 1. The van der Waals surface area contributed by atoms with Gasteiger partial charge in [0.05, 0.1) is 26.7 Å². The van der Waals surface area contributed by atoms with E-state index in [-0.39, 0.29) is 42.4 Å². The van der Waals surface area contributed by atoms with Gasteiger partial charge in [-0.2, -0.15) is 9.97 Å². The molecule has 3 N–H and O–H groups in total. The number of aryl methyl sites for hydroxylation is 1. The number of esters is 1. The number of nitrogens with zero attached hydrogens (tertiary/aromatic N) is 6. The minimum Gasteiger partial charge on any atom is -0.469 e. The zero-order valence-electron chi connectivity index (χ0n) is 26.2. The SMILES string of the molecule is CCCCOc1nc(N)c2[nH]c(=O)n(CCCN(Cc3ccc(CC(=O)OC)cc3)C(=O)CN(C)CCc3ccncc3)c2n1. The van der Waals surface area contributed by atoms with Gasteiger partial charge in [0, 0.05) is 38.6 Å². The average Bonchev–Trinajstić information content (AvgIpc) is 3.36. The van der Waals surface area contributed by atoms with Crippen molar-refractivity contribution in [2.45, 2.75) is 52.1 Å². The summed E-state index contributed by atoms with van der Waals surface area (Å²) in [6.07, 6.45) is 6.80. The maximum Gasteiger partial charge on any atom is 0.327 e. The van der Waals surface area contributed by atoms with Crippen molar-refractivity contribution < 1.29 is 19.1 Å². The van der Waals surface area contributed by atoms with E-state index in [1.54, 1.807) is 17.3 Å². The van der Waals surface area contributed by atoms with Crippen LogP contribution in [0.3, 0.4) is 0 Å². The number of likely N-dealkylation sites (N-methyl/N-ethyl adjacent to an activating group) is 1. The smallest absolute Gasteiger partial charge is 0.327 e. The van der Waals surface area contributed by atoms with Gasteiger partial charge in [-0.3, -0.25) is 24.0 Å². The number of carbonyl (C=O) groups is 2. The molecular formula is C32H42N8O5. The monoisotopic (exact) mass is 618 g/mol. The molecule has 0 aliphatic heterocycles. The number of nitrogens with one attached hydrogen (secondary N) is 1. The first kappa shape index (κ1) is 33.1. The summed E-state index contributed by atoms with van der Waals surface area (Å²) in [7, 11) is 3.29. The lowest BCUT2D eigenvalue weighted by Gasteiger charge is -2.26. The molecule has 0 atom stereocenters. The normalized spacial score (nSPS) is 11.2. The van der Waals surface area contributed by atoms with Crippen molar-refractivity contribution >= 4 is 28.9 Å². The van der Waals surface area contributed by atoms with Gasteiger partial charge in [0.1, 0.15) is 5.52 Å². The fourth-order valence-electron chi connectivity index (χ4n) is 4.82. The number of ether oxygens (including phenoxy) is 2. The standard InChI is InChI=1S/C32H42N8O5/c1-4-5-19-45-31-36-29(33)28-30(37-31)40(32(43)35-28)17-6-16-39(21-25-9-7-24(8-10-25)20-27(42)44-3)26(41)22-38(2)18-13-23-11-14-34-15-12-23/h7-12,14-15H,4-6,13,16-22H2,1-3H3,(H,35,43)(H2,33,36,37). The number of amides is 1. The van der Waals surface area contributed by atoms with Gasteiger partial charge in [0.15, 0.2) is 11.5 Å². The molecule has 1 amide bonds. The number of imidazole rings is 1. The number of rotatable bonds is 17. The number of aromatic amines is 1. The molecule has 0 fully saturated rings. The molecule has 0 spiro atoms. The number of benzene rings is 1. The molecule has 0 saturated heterocycles. The van der Waals surface area contributed by atoms with Crippen LogP contribution in [0.25, 0.3) is 11.2 Å². The summed E-state index contributed by atoms with van der Waals surface area (Å²) in [5, 5.41) is 0. The molecule has 4 aromatic rings. The molecule has 3 aromatic heterocycles. The number of fused-ring (bicyclic) bond motifs is 1. The summed E-state index contributed by atoms with van der Waals surface area (Å²) in [4.78, 5) is 57.3. The van der Waals surface area contributed by atoms with Gasteiger partial charge in [0.25, 0.3) is 0 Å². The number of nitrogens with two attached hydrogens (primary N) is 1. The Morgan fingerprint density at radius 1 is 1.00 bits per heavy atom. The summed E-state index contributed by atoms with van der Waals surface area (Å²) in [6, 6.07) is 11.6. The second-order valence-corrected chi connectivity index (χ2v) is 11.0. The van der Waals surface area contributed by atoms with E-state index in [2.05, 4.69) is 26.9 Å². The van der Waals surface area contributed by atoms with Crippen LogP contribution < -0.4 is 16.2 Å². The number of aromatic nitrogens is 5. The Bertz CT molecular complexity index is 1600. The highest BCUT2D eigenvalue weighted by Gasteiger charge is 2.19. The molecule has 13 nitrogen and oxygen atoms in total. The molecule has 13 heteroatoms. The highest BCUT2D eigenvalue weighted by molar-refractivity contribution is 5.82. The lowest BCUT2D eigenvalue weighted by molar-refractivity contribution is -0.139. The molecule has 45 heavy (non-hydrogen) atoms. The van der Waals surface area contributed by atoms with E-state index in [1.807, 2.05) is 48.3 Å². The van der Waals surface area contributed by atoms with E-state index in [4.69, 9.17) is 15.2 Å². The van der Waals surface area contributed by atoms with Crippen molar-refractivity contribution in [1.82, 2.24) is 34.3 Å². The number of hydrogen-bond donors (Lipinski definition) is 2. The third-order valence-electron chi connectivity index (χ3n) is 7.43. The Kier molecular flexibility index (Phi) is 12.0. The quantitative estimate of drug-likeness (QED) is 0.133. The van der Waals surface area contributed by atoms with Gasteiger partial charge in [0.2, 0.25) is 5.91 Å². The van der Waals surface area contributed by atoms with Gasteiger partial charge < -0.3 is 25.1 Å². The van der Waals surface area contributed by atoms with Crippen molar-refractivity contribution in [3.05, 3.63) is 76.0 Å². The topological polar surface area (TPSA) is 162 Å². The molecule has 240 valence electrons. The first-order valence-electron chi connectivity index (χ1n) is 15.2. The summed E-state index contributed by atoms with van der Waals surface area (Å²) in [6.45, 7) is 4.54. The molecule has 0 radical (unpaired) electrons. The number of hydrogen-bond acceptors (Lipinski definition) is 10. The Labute approximate surface area is 262 Å². The predicted molar refractivity (Wildman–Crippen MR) is 171 cm³/mol. The van der Waals surface area contributed by atoms with Crippen LogP contribution in [0.2, 0.25) is 0 Å². The lowest BCUT2D eigenvalue weighted by Crippen LogP contribution is -2.40. The highest BCUT2D eigenvalue weighted by Crippen LogP contribution is 2.18. The van der Waals surface area contributed by atoms with E-state index in [1.165, 1.54) is 11.7 Å². The Morgan fingerprint density at radius 2 is 1.73 bits per heavy atom. The number of pyridine rings is 1. The zero-order chi connectivity index (χ0) is 32.2. The maximum absolute atomic E-state index is 13.6. The molecule has 0 aliphatic carbocycles. The fourth-order valence-corrected chi connectivity index (χ4v) is 4.82. The number of nitrogen functional groups attached to an aromatic ring is 1. The number of H-pyrrole nitrogens is 1. The summed E-state index contributed by atoms with van der Waals surface area (Å²) in [5.74, 6) is -0.200. The van der Waals surface area contributed by atoms with Gasteiger partial charge >= 0.3 is 17.7 Å². The largest absolute Gasteiger partial charge is 0.469 e. The number of unbranched alkanes of at least 4 members (excludes halogenated alkanes) is 1. The highest BCUT2D eigenvalue weighted by atomic mass is 16.5. The van der Waals surface area contributed by atoms with E-state index >= 15 is 0 Å². The first-order chi connectivity index (χ1) is 21.8. The molecule has 4 rings (SSSR count). The van der Waals surface area contributed by atoms with Crippen molar-refractivity contribution in [3.8, 4) is 6.01 Å². The minimum atomic E-state index is -0.355. The van der Waals surface area contributed by atoms with Gasteiger partial charge in [-0.1, -0.05) is 37.6 Å². The van der Waals surface area contributed by atoms with Crippen LogP contribution in [-0.4, -0.2) is 86.6 Å². The van der Waals surface area contributed by atoms with Crippen LogP contribution in [0.5, 0.6) is 6.01 Å². The van der Waals surface area contributed by atoms with Crippen molar-refractivity contribution in [2.24, 2.45) is 0 Å². The third kappa shape index (κ3) is 9.60. The Hall–Kier alpha value is -4.78. The van der Waals surface area contributed by atoms with Crippen molar-refractivity contribution in [3.63, 3.8) is 0 Å². The van der Waals surface area contributed by atoms with Gasteiger partial charge in [-0.05, 0) is 55.1 Å². The van der Waals surface area contributed by atoms with Crippen molar-refractivity contribution in [2.75, 3.05) is 46.1 Å². The molecular weight excluding hydrogens is 576 g/mol. The number of anilines is 1. The van der Waals surface area contributed by atoms with Gasteiger partial charge in [-0.15, -0.1) is 0 Å². The first-order valence-corrected chi connectivity index (χ1v) is 15.2. The van der Waals surface area contributed by atoms with Crippen LogP contribution in [-0.2, 0) is 40.3 Å². The third-order valence-corrected chi connectivity index (χ3v) is 7.43. The van der Waals surface area contributed by atoms with E-state index in [0.29, 0.717) is 50.4 Å². The minimum absolute atomic E-state index is 0.0321. The van der Waals surface area contributed by atoms with Gasteiger partial charge in [-0.25, -0.2) is 4.79 Å². The molecule has 0 saturated carbocycles. The average molecular weight is 619 g/mol. The second-order valence-electron chi connectivity index (χ2n) is 11.0. The van der Waals surface area contributed by atoms with Crippen LogP contribution in [0.1, 0.15) is 42.9 Å². The Balaban J connectivity index is 1.46. The fraction of sp³-hybridized carbons (Fsp3) is 0.438. The maximum atomic E-state index is 13.6. The van der Waals surface area contributed by atoms with E-state index in [9.17, 15) is 14.4 Å². The van der Waals surface area contributed by atoms with Crippen LogP contribution in [0.15, 0.2) is 53.6 Å². The van der Waals surface area contributed by atoms with Crippen LogP contribution in [0.4, 0.5) is 5.82 Å². The molecule has 0 aliphatic rings. The molecule has 0 bridgehead atoms. The lowest BCUT2D eigenvalue weighted by atomic mass is 10.1. The number of carbonyl (C=O) groups excluding carboxylic acids is 2. The summed E-state index contributed by atoms with van der Waals surface area (Å²) < 4.78 is 11.9.